The number of likely N-dealkylation sites (N-methyl/N-ethyl adjacent to an activating group) is 1. The maximum Gasteiger partial charge on any atom is 0.419 e. The highest BCUT2D eigenvalue weighted by atomic mass is 79.9. The Morgan fingerprint density at radius 2 is 1.97 bits per heavy atom. The zero-order chi connectivity index (χ0) is 22.1. The average Bonchev–Trinajstić information content (AvgIpc) is 3.04. The number of nitrogens with zero attached hydrogens (tertiary/aromatic N) is 1. The maximum absolute atomic E-state index is 13.4. The highest BCUT2D eigenvalue weighted by Gasteiger charge is 2.36. The number of hydrogen-bond acceptors (Lipinski definition) is 4. The molecule has 0 unspecified atom stereocenters. The van der Waals surface area contributed by atoms with Crippen molar-refractivity contribution in [3.05, 3.63) is 52.0 Å². The lowest BCUT2D eigenvalue weighted by Crippen LogP contribution is -2.23. The molecule has 0 aliphatic carbocycles. The molecule has 1 aliphatic rings. The standard InChI is InChI=1S/C20H22BrF3N2O3S/c1-3-13-10-14(21)4-7-19(13)30(27,28)25-15-5-6-17(20(22,23)24)18(11-15)29-16-8-9-26(2)12-16/h4-7,10-11,16,25H,3,8-9,12H2,1-2H3/t16-/m1/s1. The third-order valence-electron chi connectivity index (χ3n) is 4.87. The van der Waals surface area contributed by atoms with E-state index in [-0.39, 0.29) is 22.4 Å². The Morgan fingerprint density at radius 3 is 2.57 bits per heavy atom. The van der Waals surface area contributed by atoms with Crippen molar-refractivity contribution in [2.24, 2.45) is 0 Å². The first-order chi connectivity index (χ1) is 14.0. The summed E-state index contributed by atoms with van der Waals surface area (Å²) in [4.78, 5) is 2.04. The van der Waals surface area contributed by atoms with Crippen molar-refractivity contribution >= 4 is 31.6 Å². The van der Waals surface area contributed by atoms with Crippen LogP contribution in [0.5, 0.6) is 5.75 Å². The van der Waals surface area contributed by atoms with Crippen molar-refractivity contribution in [1.82, 2.24) is 4.90 Å². The Labute approximate surface area is 182 Å². The Morgan fingerprint density at radius 1 is 1.23 bits per heavy atom. The lowest BCUT2D eigenvalue weighted by atomic mass is 10.1. The van der Waals surface area contributed by atoms with Crippen LogP contribution in [-0.4, -0.2) is 39.6 Å². The summed E-state index contributed by atoms with van der Waals surface area (Å²) in [5.74, 6) is -0.380. The molecule has 0 spiro atoms. The lowest BCUT2D eigenvalue weighted by Gasteiger charge is -2.20. The molecule has 0 radical (unpaired) electrons. The molecule has 1 aliphatic heterocycles. The van der Waals surface area contributed by atoms with E-state index in [1.54, 1.807) is 12.1 Å². The van der Waals surface area contributed by atoms with E-state index in [1.807, 2.05) is 18.9 Å². The molecule has 0 saturated carbocycles. The number of sulfonamides is 1. The van der Waals surface area contributed by atoms with Gasteiger partial charge in [0.05, 0.1) is 16.1 Å². The summed E-state index contributed by atoms with van der Waals surface area (Å²) in [6.07, 6.45) is -3.92. The lowest BCUT2D eigenvalue weighted by molar-refractivity contribution is -0.139. The molecule has 1 N–H and O–H groups in total. The van der Waals surface area contributed by atoms with Crippen molar-refractivity contribution in [1.29, 1.82) is 0 Å². The van der Waals surface area contributed by atoms with Crippen LogP contribution in [0.2, 0.25) is 0 Å². The van der Waals surface area contributed by atoms with Crippen LogP contribution >= 0.6 is 15.9 Å². The molecule has 3 rings (SSSR count). The summed E-state index contributed by atoms with van der Waals surface area (Å²) in [5, 5.41) is 0. The molecular formula is C20H22BrF3N2O3S. The number of benzene rings is 2. The predicted molar refractivity (Wildman–Crippen MR) is 112 cm³/mol. The highest BCUT2D eigenvalue weighted by molar-refractivity contribution is 9.10. The SMILES string of the molecule is CCc1cc(Br)ccc1S(=O)(=O)Nc1ccc(C(F)(F)F)c(O[C@@H]2CCN(C)C2)c1. The van der Waals surface area contributed by atoms with Crippen LogP contribution in [0.3, 0.4) is 0 Å². The van der Waals surface area contributed by atoms with E-state index in [0.29, 0.717) is 24.9 Å². The fraction of sp³-hybridized carbons (Fsp3) is 0.400. The van der Waals surface area contributed by atoms with Crippen LogP contribution in [0.4, 0.5) is 18.9 Å². The Kier molecular flexibility index (Phi) is 6.69. The summed E-state index contributed by atoms with van der Waals surface area (Å²) in [7, 11) is -2.13. The second kappa shape index (κ2) is 8.76. The zero-order valence-corrected chi connectivity index (χ0v) is 18.9. The molecule has 164 valence electrons. The van der Waals surface area contributed by atoms with Gasteiger partial charge in [-0.25, -0.2) is 8.42 Å². The van der Waals surface area contributed by atoms with Crippen LogP contribution in [0.15, 0.2) is 45.8 Å². The Balaban J connectivity index is 1.93. The van der Waals surface area contributed by atoms with E-state index in [4.69, 9.17) is 4.74 Å². The molecule has 2 aromatic rings. The molecule has 2 aromatic carbocycles. The van der Waals surface area contributed by atoms with Gasteiger partial charge in [-0.2, -0.15) is 13.2 Å². The third-order valence-corrected chi connectivity index (χ3v) is 6.85. The average molecular weight is 507 g/mol. The van der Waals surface area contributed by atoms with Gasteiger partial charge in [0.2, 0.25) is 0 Å². The maximum atomic E-state index is 13.4. The van der Waals surface area contributed by atoms with Crippen molar-refractivity contribution in [2.45, 2.75) is 36.9 Å². The van der Waals surface area contributed by atoms with Gasteiger partial charge in [-0.1, -0.05) is 22.9 Å². The van der Waals surface area contributed by atoms with E-state index >= 15 is 0 Å². The summed E-state index contributed by atoms with van der Waals surface area (Å²) >= 11 is 3.31. The van der Waals surface area contributed by atoms with Gasteiger partial charge in [-0.3, -0.25) is 4.72 Å². The molecule has 1 fully saturated rings. The number of alkyl halides is 3. The van der Waals surface area contributed by atoms with E-state index in [1.165, 1.54) is 6.07 Å². The van der Waals surface area contributed by atoms with Gasteiger partial charge in [0.25, 0.3) is 10.0 Å². The smallest absolute Gasteiger partial charge is 0.419 e. The van der Waals surface area contributed by atoms with Crippen LogP contribution in [0, 0.1) is 0 Å². The molecule has 1 saturated heterocycles. The molecular weight excluding hydrogens is 485 g/mol. The molecule has 0 aromatic heterocycles. The molecule has 1 atom stereocenters. The van der Waals surface area contributed by atoms with Crippen LogP contribution in [0.25, 0.3) is 0 Å². The second-order valence-electron chi connectivity index (χ2n) is 7.21. The quantitative estimate of drug-likeness (QED) is 0.604. The molecule has 30 heavy (non-hydrogen) atoms. The fourth-order valence-corrected chi connectivity index (χ4v) is 5.14. The normalized spacial score (nSPS) is 17.9. The van der Waals surface area contributed by atoms with Crippen LogP contribution in [-0.2, 0) is 22.6 Å². The molecule has 10 heteroatoms. The monoisotopic (exact) mass is 506 g/mol. The Bertz CT molecular complexity index is 1030. The van der Waals surface area contributed by atoms with Gasteiger partial charge in [-0.15, -0.1) is 0 Å². The van der Waals surface area contributed by atoms with Crippen molar-refractivity contribution < 1.29 is 26.3 Å². The molecule has 0 amide bonds. The Hall–Kier alpha value is -1.78. The van der Waals surface area contributed by atoms with Crippen LogP contribution in [0.1, 0.15) is 24.5 Å². The topological polar surface area (TPSA) is 58.6 Å². The first kappa shape index (κ1) is 22.9. The summed E-state index contributed by atoms with van der Waals surface area (Å²) in [5.41, 5.74) is -0.332. The molecule has 5 nitrogen and oxygen atoms in total. The number of nitrogens with one attached hydrogen (secondary N) is 1. The number of halogens is 4. The van der Waals surface area contributed by atoms with Crippen molar-refractivity contribution in [3.63, 3.8) is 0 Å². The number of rotatable bonds is 6. The largest absolute Gasteiger partial charge is 0.488 e. The minimum absolute atomic E-state index is 0.00863. The molecule has 0 bridgehead atoms. The summed E-state index contributed by atoms with van der Waals surface area (Å²) < 4.78 is 74.8. The van der Waals surface area contributed by atoms with E-state index in [2.05, 4.69) is 20.7 Å². The van der Waals surface area contributed by atoms with Gasteiger partial charge < -0.3 is 9.64 Å². The number of ether oxygens (including phenoxy) is 1. The van der Waals surface area contributed by atoms with Gasteiger partial charge in [0, 0.05) is 23.6 Å². The van der Waals surface area contributed by atoms with Crippen molar-refractivity contribution in [2.75, 3.05) is 24.9 Å². The first-order valence-corrected chi connectivity index (χ1v) is 11.6. The van der Waals surface area contributed by atoms with Gasteiger partial charge in [0.1, 0.15) is 11.9 Å². The minimum atomic E-state index is -4.61. The van der Waals surface area contributed by atoms with Gasteiger partial charge in [-0.05, 0) is 55.8 Å². The van der Waals surface area contributed by atoms with E-state index in [9.17, 15) is 21.6 Å². The van der Waals surface area contributed by atoms with E-state index in [0.717, 1.165) is 29.2 Å². The minimum Gasteiger partial charge on any atom is -0.488 e. The van der Waals surface area contributed by atoms with Crippen molar-refractivity contribution in [3.8, 4) is 5.75 Å². The predicted octanol–water partition coefficient (Wildman–Crippen LogP) is 4.91. The molecule has 1 heterocycles. The van der Waals surface area contributed by atoms with Gasteiger partial charge >= 0.3 is 6.18 Å². The van der Waals surface area contributed by atoms with Gasteiger partial charge in [0.15, 0.2) is 0 Å². The van der Waals surface area contributed by atoms with Crippen LogP contribution < -0.4 is 9.46 Å². The zero-order valence-electron chi connectivity index (χ0n) is 16.5. The highest BCUT2D eigenvalue weighted by Crippen LogP contribution is 2.39. The first-order valence-electron chi connectivity index (χ1n) is 9.37. The third kappa shape index (κ3) is 5.28. The fourth-order valence-electron chi connectivity index (χ4n) is 3.38. The summed E-state index contributed by atoms with van der Waals surface area (Å²) in [6, 6.07) is 7.80. The number of aryl methyl sites for hydroxylation is 1. The number of hydrogen-bond donors (Lipinski definition) is 1. The van der Waals surface area contributed by atoms with E-state index < -0.39 is 21.8 Å². The summed E-state index contributed by atoms with van der Waals surface area (Å²) in [6.45, 7) is 3.05. The second-order valence-corrected chi connectivity index (χ2v) is 9.78. The number of likely N-dealkylation sites (tertiary alicyclic amines) is 1. The number of anilines is 1.